The molecular weight excluding hydrogens is 490 g/mol. The normalized spacial score (nSPS) is 9.77. The van der Waals surface area contributed by atoms with Gasteiger partial charge in [-0.15, -0.1) is 41.1 Å². The summed E-state index contributed by atoms with van der Waals surface area (Å²) >= 11 is 0. The summed E-state index contributed by atoms with van der Waals surface area (Å²) in [7, 11) is 0. The van der Waals surface area contributed by atoms with Crippen molar-refractivity contribution < 1.29 is 51.0 Å². The first-order valence-electron chi connectivity index (χ1n) is 9.64. The number of nitrogens with zero attached hydrogens (tertiary/aromatic N) is 2. The molecule has 1 aromatic heterocycles. The van der Waals surface area contributed by atoms with Crippen LogP contribution in [0, 0.1) is 0 Å². The van der Waals surface area contributed by atoms with E-state index < -0.39 is 0 Å². The standard InChI is InChI=1S/C16H11N2.C9H13.2ClH.Zr/c1-2-6-13-10-15(9-12(13)5-1)18-16-8-4-3-7-14(16)11-17-18;1-2-3-6-9-7-4-5-8-9;;;/h1-11H;4-5,7-8H,2-3,6H2,1H3;2*1H;/q2*-1;;;+4/p-2. The van der Waals surface area contributed by atoms with E-state index in [0.29, 0.717) is 0 Å². The molecule has 5 rings (SSSR count). The average Bonchev–Trinajstić information content (AvgIpc) is 3.45. The van der Waals surface area contributed by atoms with Crippen molar-refractivity contribution in [3.05, 3.63) is 96.7 Å². The first-order valence-corrected chi connectivity index (χ1v) is 9.64. The second kappa shape index (κ2) is 12.9. The Hall–Kier alpha value is -1.67. The van der Waals surface area contributed by atoms with Crippen LogP contribution in [0.3, 0.4) is 0 Å². The smallest absolute Gasteiger partial charge is 1.00 e. The monoisotopic (exact) mass is 512 g/mol. The SMILES string of the molecule is CCCC[c-]1cccc1.[Cl-].[Cl-].[Zr+4].c1ccc2[cH-]c(-n3ncc4ccccc43)cc2c1. The molecular formula is C25H24Cl2N2Zr. The quantitative estimate of drug-likeness (QED) is 0.322. The van der Waals surface area contributed by atoms with Gasteiger partial charge in [-0.3, -0.25) is 4.68 Å². The maximum absolute atomic E-state index is 4.48. The summed E-state index contributed by atoms with van der Waals surface area (Å²) in [6.07, 6.45) is 5.78. The number of hydrogen-bond acceptors (Lipinski definition) is 1. The number of para-hydroxylation sites is 1. The summed E-state index contributed by atoms with van der Waals surface area (Å²) in [5, 5.41) is 8.16. The van der Waals surface area contributed by atoms with Crippen LogP contribution in [-0.4, -0.2) is 9.78 Å². The van der Waals surface area contributed by atoms with Crippen LogP contribution in [0.25, 0.3) is 27.4 Å². The fourth-order valence-corrected chi connectivity index (χ4v) is 3.40. The first kappa shape index (κ1) is 26.4. The van der Waals surface area contributed by atoms with Gasteiger partial charge in [-0.2, -0.15) is 22.8 Å². The van der Waals surface area contributed by atoms with Crippen LogP contribution in [0.2, 0.25) is 0 Å². The summed E-state index contributed by atoms with van der Waals surface area (Å²) in [5.74, 6) is 0. The molecule has 0 aliphatic heterocycles. The van der Waals surface area contributed by atoms with Crippen LogP contribution >= 0.6 is 0 Å². The van der Waals surface area contributed by atoms with Crippen molar-refractivity contribution in [1.82, 2.24) is 9.78 Å². The van der Waals surface area contributed by atoms with Gasteiger partial charge in [-0.1, -0.05) is 50.5 Å². The molecule has 0 radical (unpaired) electrons. The predicted octanol–water partition coefficient (Wildman–Crippen LogP) is 0.651. The van der Waals surface area contributed by atoms with E-state index in [1.165, 1.54) is 41.0 Å². The van der Waals surface area contributed by atoms with Gasteiger partial charge in [0.15, 0.2) is 0 Å². The zero-order chi connectivity index (χ0) is 18.5. The van der Waals surface area contributed by atoms with E-state index in [4.69, 9.17) is 0 Å². The Morgan fingerprint density at radius 1 is 0.900 bits per heavy atom. The number of halogens is 2. The summed E-state index contributed by atoms with van der Waals surface area (Å²) < 4.78 is 2.00. The number of unbranched alkanes of at least 4 members (excludes halogenated alkanes) is 1. The predicted molar refractivity (Wildman–Crippen MR) is 115 cm³/mol. The molecule has 0 aliphatic rings. The minimum atomic E-state index is 0. The molecule has 5 heteroatoms. The minimum absolute atomic E-state index is 0. The molecule has 5 aromatic rings. The molecule has 0 unspecified atom stereocenters. The molecule has 4 aromatic carbocycles. The third kappa shape index (κ3) is 6.17. The summed E-state index contributed by atoms with van der Waals surface area (Å²) in [6.45, 7) is 2.23. The van der Waals surface area contributed by atoms with Crippen LogP contribution in [0.1, 0.15) is 25.3 Å². The van der Waals surface area contributed by atoms with E-state index in [9.17, 15) is 0 Å². The molecule has 0 saturated heterocycles. The van der Waals surface area contributed by atoms with Gasteiger partial charge in [-0.25, -0.2) is 12.1 Å². The third-order valence-electron chi connectivity index (χ3n) is 4.88. The molecule has 0 fully saturated rings. The van der Waals surface area contributed by atoms with Crippen LogP contribution in [-0.2, 0) is 32.6 Å². The number of fused-ring (bicyclic) bond motifs is 2. The second-order valence-electron chi connectivity index (χ2n) is 6.85. The Bertz CT molecular complexity index is 1090. The third-order valence-corrected chi connectivity index (χ3v) is 4.88. The number of benzene rings is 2. The maximum Gasteiger partial charge on any atom is 4.00 e. The molecule has 0 amide bonds. The van der Waals surface area contributed by atoms with Crippen molar-refractivity contribution in [3.8, 4) is 5.69 Å². The summed E-state index contributed by atoms with van der Waals surface area (Å²) in [5.41, 5.74) is 3.75. The molecule has 2 nitrogen and oxygen atoms in total. The van der Waals surface area contributed by atoms with Crippen molar-refractivity contribution in [3.63, 3.8) is 0 Å². The Kier molecular flexibility index (Phi) is 11.3. The molecule has 0 saturated carbocycles. The van der Waals surface area contributed by atoms with Crippen LogP contribution < -0.4 is 24.8 Å². The number of aryl methyl sites for hydroxylation is 1. The van der Waals surface area contributed by atoms with Gasteiger partial charge in [0, 0.05) is 5.39 Å². The van der Waals surface area contributed by atoms with Crippen molar-refractivity contribution in [2.75, 3.05) is 0 Å². The Morgan fingerprint density at radius 2 is 1.57 bits per heavy atom. The molecule has 30 heavy (non-hydrogen) atoms. The van der Waals surface area contributed by atoms with E-state index in [-0.39, 0.29) is 51.0 Å². The Balaban J connectivity index is 0.000000327. The maximum atomic E-state index is 4.48. The van der Waals surface area contributed by atoms with Gasteiger partial charge in [0.1, 0.15) is 0 Å². The fourth-order valence-electron chi connectivity index (χ4n) is 3.40. The Labute approximate surface area is 210 Å². The average molecular weight is 515 g/mol. The number of aromatic nitrogens is 2. The largest absolute Gasteiger partial charge is 4.00 e. The fraction of sp³-hybridized carbons (Fsp3) is 0.160. The van der Waals surface area contributed by atoms with Crippen molar-refractivity contribution in [2.24, 2.45) is 0 Å². The molecule has 0 bridgehead atoms. The summed E-state index contributed by atoms with van der Waals surface area (Å²) in [6, 6.07) is 29.6. The molecule has 0 aliphatic carbocycles. The van der Waals surface area contributed by atoms with E-state index >= 15 is 0 Å². The van der Waals surface area contributed by atoms with Gasteiger partial charge in [0.25, 0.3) is 0 Å². The molecule has 0 spiro atoms. The molecule has 0 atom stereocenters. The topological polar surface area (TPSA) is 17.8 Å². The van der Waals surface area contributed by atoms with Gasteiger partial charge < -0.3 is 24.8 Å². The number of hydrogen-bond donors (Lipinski definition) is 0. The van der Waals surface area contributed by atoms with E-state index in [1.54, 1.807) is 0 Å². The van der Waals surface area contributed by atoms with Crippen molar-refractivity contribution in [1.29, 1.82) is 0 Å². The van der Waals surface area contributed by atoms with Crippen LogP contribution in [0.4, 0.5) is 0 Å². The second-order valence-corrected chi connectivity index (χ2v) is 6.85. The molecule has 0 N–H and O–H groups in total. The summed E-state index contributed by atoms with van der Waals surface area (Å²) in [4.78, 5) is 0. The van der Waals surface area contributed by atoms with Gasteiger partial charge in [-0.05, 0) is 11.8 Å². The van der Waals surface area contributed by atoms with E-state index in [0.717, 1.165) is 11.2 Å². The zero-order valence-corrected chi connectivity index (χ0v) is 20.9. The zero-order valence-electron chi connectivity index (χ0n) is 16.9. The Morgan fingerprint density at radius 3 is 2.27 bits per heavy atom. The first-order chi connectivity index (χ1) is 13.3. The molecule has 1 heterocycles. The van der Waals surface area contributed by atoms with E-state index in [1.807, 2.05) is 23.0 Å². The van der Waals surface area contributed by atoms with Gasteiger partial charge in [0.05, 0.1) is 11.7 Å². The van der Waals surface area contributed by atoms with Crippen LogP contribution in [0.5, 0.6) is 0 Å². The number of rotatable bonds is 4. The minimum Gasteiger partial charge on any atom is -1.00 e. The van der Waals surface area contributed by atoms with Crippen LogP contribution in [0.15, 0.2) is 91.1 Å². The van der Waals surface area contributed by atoms with Crippen molar-refractivity contribution >= 4 is 21.7 Å². The molecule has 152 valence electrons. The van der Waals surface area contributed by atoms with Crippen molar-refractivity contribution in [2.45, 2.75) is 26.2 Å². The van der Waals surface area contributed by atoms with Gasteiger partial charge in [0.2, 0.25) is 0 Å². The van der Waals surface area contributed by atoms with Gasteiger partial charge >= 0.3 is 26.2 Å². The van der Waals surface area contributed by atoms with E-state index in [2.05, 4.69) is 84.8 Å².